The first-order chi connectivity index (χ1) is 41.4. The summed E-state index contributed by atoms with van der Waals surface area (Å²) in [5, 5.41) is 31.7. The molecule has 0 radical (unpaired) electrons. The summed E-state index contributed by atoms with van der Waals surface area (Å²) >= 11 is 0. The Labute approximate surface area is 534 Å². The summed E-state index contributed by atoms with van der Waals surface area (Å²) < 4.78 is 36.7. The number of fused-ring (bicyclic) bond motifs is 6. The molecule has 8 aromatic carbocycles. The third-order valence-electron chi connectivity index (χ3n) is 18.1. The molecular weight excluding hydrogens is 1120 g/mol. The second-order valence-corrected chi connectivity index (χ2v) is 33.5. The Morgan fingerprint density at radius 3 is 0.878 bits per heavy atom. The molecule has 0 saturated heterocycles. The Kier molecular flexibility index (Phi) is 16.2. The molecule has 2 aromatic heterocycles. The molecule has 474 valence electrons. The quantitative estimate of drug-likeness (QED) is 0.119. The van der Waals surface area contributed by atoms with E-state index in [2.05, 4.69) is 246 Å². The molecular formula is C81H97F2N3O4. The van der Waals surface area contributed by atoms with Crippen molar-refractivity contribution in [3.05, 3.63) is 178 Å². The molecule has 90 heavy (non-hydrogen) atoms. The van der Waals surface area contributed by atoms with Gasteiger partial charge < -0.3 is 29.0 Å². The largest absolute Gasteiger partial charge is 0.505 e. The number of hydrogen-bond acceptors (Lipinski definition) is 5. The highest BCUT2D eigenvalue weighted by Crippen LogP contribution is 2.51. The fraction of sp³-hybridized carbons (Fsp3) is 0.407. The van der Waals surface area contributed by atoms with Gasteiger partial charge in [-0.3, -0.25) is 0 Å². The minimum absolute atomic E-state index is 0.0585. The fourth-order valence-electron chi connectivity index (χ4n) is 13.9. The van der Waals surface area contributed by atoms with Gasteiger partial charge in [0.05, 0.1) is 40.5 Å². The van der Waals surface area contributed by atoms with E-state index in [4.69, 9.17) is 9.68 Å². The zero-order valence-corrected chi connectivity index (χ0v) is 57.9. The van der Waals surface area contributed by atoms with Gasteiger partial charge >= 0.3 is 0 Å². The first kappa shape index (κ1) is 65.3. The summed E-state index contributed by atoms with van der Waals surface area (Å²) in [5.74, 6) is -0.803. The van der Waals surface area contributed by atoms with E-state index in [9.17, 15) is 10.2 Å². The van der Waals surface area contributed by atoms with E-state index < -0.39 is 22.5 Å². The number of rotatable bonds is 12. The van der Waals surface area contributed by atoms with Gasteiger partial charge in [-0.05, 0) is 199 Å². The van der Waals surface area contributed by atoms with Crippen molar-refractivity contribution in [2.24, 2.45) is 10.8 Å². The highest BCUT2D eigenvalue weighted by atomic mass is 19.1. The topological polar surface area (TPSA) is 72.0 Å². The SMILES string of the molecule is CN(Oc1ccc(F)cc1-c1cc(C(C)(C)CC(C)(C)C)cc(-n2c3ccc(C(C)(C)C)cc3c3cc(C(C)(C)C)ccc32)c1O)Oc1ccc(F)cc1-c1cc(C(C)(C)CC(C)(C)C)cc(-n2c3ccc(C(C)(C)C)cc3c3cc(C(C)(C)C)ccc32)c1O. The minimum atomic E-state index is -0.531. The highest BCUT2D eigenvalue weighted by molar-refractivity contribution is 6.11. The van der Waals surface area contributed by atoms with Crippen LogP contribution in [0.4, 0.5) is 8.78 Å². The molecule has 0 aliphatic heterocycles. The van der Waals surface area contributed by atoms with Crippen molar-refractivity contribution in [3.8, 4) is 56.6 Å². The summed E-state index contributed by atoms with van der Waals surface area (Å²) in [5.41, 5.74) is 11.3. The van der Waals surface area contributed by atoms with Crippen LogP contribution in [0.15, 0.2) is 133 Å². The third kappa shape index (κ3) is 12.9. The number of hydroxylamine groups is 2. The van der Waals surface area contributed by atoms with Gasteiger partial charge in [-0.15, -0.1) is 0 Å². The molecule has 7 nitrogen and oxygen atoms in total. The minimum Gasteiger partial charge on any atom is -0.505 e. The number of halogens is 2. The van der Waals surface area contributed by atoms with Crippen molar-refractivity contribution in [2.45, 2.75) is 198 Å². The van der Waals surface area contributed by atoms with Crippen LogP contribution in [0.3, 0.4) is 0 Å². The summed E-state index contributed by atoms with van der Waals surface area (Å²) in [6.07, 6.45) is 1.60. The van der Waals surface area contributed by atoms with Gasteiger partial charge in [0, 0.05) is 49.0 Å². The van der Waals surface area contributed by atoms with E-state index in [1.807, 2.05) is 12.1 Å². The maximum atomic E-state index is 16.2. The van der Waals surface area contributed by atoms with E-state index in [1.54, 1.807) is 7.05 Å². The van der Waals surface area contributed by atoms with Crippen LogP contribution in [0.5, 0.6) is 23.0 Å². The summed E-state index contributed by atoms with van der Waals surface area (Å²) in [6, 6.07) is 43.1. The molecule has 10 rings (SSSR count). The van der Waals surface area contributed by atoms with Crippen LogP contribution in [0.2, 0.25) is 0 Å². The van der Waals surface area contributed by atoms with E-state index in [1.165, 1.54) is 58.7 Å². The number of phenols is 2. The molecule has 9 heteroatoms. The molecule has 0 unspecified atom stereocenters. The van der Waals surface area contributed by atoms with Gasteiger partial charge in [0.25, 0.3) is 0 Å². The van der Waals surface area contributed by atoms with Crippen molar-refractivity contribution in [3.63, 3.8) is 0 Å². The van der Waals surface area contributed by atoms with Gasteiger partial charge in [-0.25, -0.2) is 8.78 Å². The number of phenolic OH excluding ortho intramolecular Hbond substituents is 2. The normalized spacial score (nSPS) is 13.4. The molecule has 0 aliphatic rings. The van der Waals surface area contributed by atoms with Gasteiger partial charge in [0.1, 0.15) is 23.1 Å². The molecule has 0 atom stereocenters. The maximum absolute atomic E-state index is 16.2. The molecule has 0 fully saturated rings. The predicted molar refractivity (Wildman–Crippen MR) is 374 cm³/mol. The summed E-state index contributed by atoms with van der Waals surface area (Å²) in [7, 11) is 1.58. The zero-order valence-electron chi connectivity index (χ0n) is 57.9. The van der Waals surface area contributed by atoms with Crippen LogP contribution in [0.1, 0.15) is 199 Å². The van der Waals surface area contributed by atoms with Crippen molar-refractivity contribution in [1.29, 1.82) is 0 Å². The molecule has 0 aliphatic carbocycles. The average molecular weight is 1210 g/mol. The predicted octanol–water partition coefficient (Wildman–Crippen LogP) is 22.7. The first-order valence-corrected chi connectivity index (χ1v) is 32.0. The molecule has 2 heterocycles. The maximum Gasteiger partial charge on any atom is 0.159 e. The number of aromatic hydroxyl groups is 2. The molecule has 2 N–H and O–H groups in total. The van der Waals surface area contributed by atoms with Crippen LogP contribution in [-0.2, 0) is 32.5 Å². The van der Waals surface area contributed by atoms with Crippen LogP contribution in [-0.4, -0.2) is 31.6 Å². The van der Waals surface area contributed by atoms with Crippen molar-refractivity contribution in [2.75, 3.05) is 7.05 Å². The van der Waals surface area contributed by atoms with Crippen molar-refractivity contribution >= 4 is 43.6 Å². The van der Waals surface area contributed by atoms with Gasteiger partial charge in [0.2, 0.25) is 0 Å². The number of benzene rings is 8. The van der Waals surface area contributed by atoms with Gasteiger partial charge in [-0.1, -0.05) is 177 Å². The van der Waals surface area contributed by atoms with E-state index in [0.29, 0.717) is 22.5 Å². The number of nitrogens with zero attached hydrogens (tertiary/aromatic N) is 3. The van der Waals surface area contributed by atoms with E-state index in [-0.39, 0.29) is 66.6 Å². The third-order valence-corrected chi connectivity index (χ3v) is 18.1. The second-order valence-electron chi connectivity index (χ2n) is 33.5. The van der Waals surface area contributed by atoms with Crippen molar-refractivity contribution in [1.82, 2.24) is 14.4 Å². The van der Waals surface area contributed by atoms with Gasteiger partial charge in [0.15, 0.2) is 11.5 Å². The van der Waals surface area contributed by atoms with Crippen LogP contribution >= 0.6 is 0 Å². The Bertz CT molecular complexity index is 4010. The molecule has 0 bridgehead atoms. The van der Waals surface area contributed by atoms with E-state index >= 15 is 8.78 Å². The Morgan fingerprint density at radius 1 is 0.344 bits per heavy atom. The molecule has 0 saturated carbocycles. The molecule has 0 amide bonds. The number of aromatic nitrogens is 2. The summed E-state index contributed by atoms with van der Waals surface area (Å²) in [6.45, 7) is 48.9. The fourth-order valence-corrected chi connectivity index (χ4v) is 13.9. The zero-order chi connectivity index (χ0) is 66.1. The summed E-state index contributed by atoms with van der Waals surface area (Å²) in [4.78, 5) is 13.4. The van der Waals surface area contributed by atoms with Crippen LogP contribution < -0.4 is 9.68 Å². The Balaban J connectivity index is 1.14. The first-order valence-electron chi connectivity index (χ1n) is 32.0. The Morgan fingerprint density at radius 2 is 0.622 bits per heavy atom. The lowest BCUT2D eigenvalue weighted by molar-refractivity contribution is -0.235. The smallest absolute Gasteiger partial charge is 0.159 e. The monoisotopic (exact) mass is 1210 g/mol. The lowest BCUT2D eigenvalue weighted by Gasteiger charge is -2.34. The molecule has 10 aromatic rings. The molecule has 0 spiro atoms. The van der Waals surface area contributed by atoms with Gasteiger partial charge in [-0.2, -0.15) is 0 Å². The lowest BCUT2D eigenvalue weighted by Crippen LogP contribution is -2.27. The average Bonchev–Trinajstić information content (AvgIpc) is 1.54. The van der Waals surface area contributed by atoms with E-state index in [0.717, 1.165) is 72.8 Å². The Hall–Kier alpha value is -7.62. The van der Waals surface area contributed by atoms with Crippen molar-refractivity contribution < 1.29 is 28.7 Å². The number of hydrogen-bond donors (Lipinski definition) is 2. The van der Waals surface area contributed by atoms with Crippen LogP contribution in [0, 0.1) is 22.5 Å². The lowest BCUT2D eigenvalue weighted by atomic mass is 9.71. The standard InChI is InChI=1S/C81H97F2N3O4/c1-74(2,3)46-80(19,20)52-40-62(72(87)68(42-52)85-64-30-24-48(76(7,8)9)36-56(64)57-37-49(77(10,11)12)25-31-65(57)85)60-44-54(82)28-34-70(60)89-84(23)90-71-35-29-55(83)45-61(71)63-41-53(81(21,22)47-75(4,5)6)43-69(73(63)88)86-66-32-26-50(78(13,14)15)38-58(66)59-39-51(79(16,17)18)27-33-67(59)86/h24-45,87-88H,46-47H2,1-23H3. The van der Waals surface area contributed by atoms with Crippen LogP contribution in [0.25, 0.3) is 77.2 Å². The highest BCUT2D eigenvalue weighted by Gasteiger charge is 2.34. The second kappa shape index (κ2) is 22.3.